The van der Waals surface area contributed by atoms with E-state index in [2.05, 4.69) is 34.4 Å². The number of rotatable bonds is 6. The Morgan fingerprint density at radius 2 is 1.62 bits per heavy atom. The molecule has 1 aliphatic heterocycles. The molecular weight excluding hydrogens is 462 g/mol. The maximum atomic E-state index is 13.8. The molecule has 0 fully saturated rings. The van der Waals surface area contributed by atoms with Crippen LogP contribution in [0, 0.1) is 6.92 Å². The summed E-state index contributed by atoms with van der Waals surface area (Å²) in [7, 11) is 2.07. The SMILES string of the molecule is Cc1ccc2c(c1)[NH+]=C1C3=C(C(=O)c4ccccc4C3=O)C(NCCN(C)Cc3ccccc3)=CC1O2. The second kappa shape index (κ2) is 9.30. The van der Waals surface area contributed by atoms with Crippen molar-refractivity contribution in [2.24, 2.45) is 0 Å². The van der Waals surface area contributed by atoms with Gasteiger partial charge in [0, 0.05) is 42.5 Å². The fourth-order valence-corrected chi connectivity index (χ4v) is 5.21. The lowest BCUT2D eigenvalue weighted by molar-refractivity contribution is -0.363. The normalized spacial score (nSPS) is 17.8. The van der Waals surface area contributed by atoms with E-state index in [1.165, 1.54) is 5.56 Å². The number of hydrogen-bond acceptors (Lipinski definition) is 5. The summed E-state index contributed by atoms with van der Waals surface area (Å²) in [5.74, 6) is 0.409. The Morgan fingerprint density at radius 1 is 0.919 bits per heavy atom. The predicted octanol–water partition coefficient (Wildman–Crippen LogP) is 2.90. The molecule has 37 heavy (non-hydrogen) atoms. The number of carbonyl (C=O) groups excluding carboxylic acids is 2. The van der Waals surface area contributed by atoms with E-state index in [-0.39, 0.29) is 11.6 Å². The third kappa shape index (κ3) is 4.19. The van der Waals surface area contributed by atoms with Gasteiger partial charge in [0.25, 0.3) is 0 Å². The van der Waals surface area contributed by atoms with Gasteiger partial charge >= 0.3 is 0 Å². The van der Waals surface area contributed by atoms with Crippen LogP contribution in [0.15, 0.2) is 95.7 Å². The number of ether oxygens (including phenoxy) is 1. The van der Waals surface area contributed by atoms with Crippen LogP contribution in [-0.4, -0.2) is 48.4 Å². The molecule has 0 saturated heterocycles. The number of fused-ring (bicyclic) bond motifs is 4. The van der Waals surface area contributed by atoms with Crippen molar-refractivity contribution < 1.29 is 19.3 Å². The van der Waals surface area contributed by atoms with E-state index in [1.807, 2.05) is 49.4 Å². The maximum absolute atomic E-state index is 13.8. The lowest BCUT2D eigenvalue weighted by Gasteiger charge is -2.30. The largest absolute Gasteiger partial charge is 0.468 e. The highest BCUT2D eigenvalue weighted by Gasteiger charge is 2.46. The van der Waals surface area contributed by atoms with Crippen molar-refractivity contribution in [2.75, 3.05) is 20.1 Å². The van der Waals surface area contributed by atoms with Gasteiger partial charge in [0.05, 0.1) is 5.57 Å². The average Bonchev–Trinajstić information content (AvgIpc) is 2.90. The molecule has 0 bridgehead atoms. The number of aryl methyl sites for hydroxylation is 1. The van der Waals surface area contributed by atoms with Crippen LogP contribution in [0.25, 0.3) is 0 Å². The number of benzene rings is 3. The number of ketones is 2. The molecule has 0 amide bonds. The van der Waals surface area contributed by atoms with Crippen LogP contribution in [0.3, 0.4) is 0 Å². The van der Waals surface area contributed by atoms with E-state index in [4.69, 9.17) is 4.74 Å². The van der Waals surface area contributed by atoms with Gasteiger partial charge in [0.15, 0.2) is 11.5 Å². The standard InChI is InChI=1S/C31H27N3O3/c1-19-12-13-25-23(16-19)33-29-26(37-25)17-24(32-14-15-34(2)18-20-8-4-3-5-9-20)27-28(29)31(36)22-11-7-6-10-21(22)30(27)35/h3-13,16-17,26,32H,14-15,18H2,1-2H3/p+1. The van der Waals surface area contributed by atoms with Gasteiger partial charge in [-0.3, -0.25) is 9.59 Å². The summed E-state index contributed by atoms with van der Waals surface area (Å²) in [5.41, 5.74) is 6.04. The van der Waals surface area contributed by atoms with Gasteiger partial charge in [-0.25, -0.2) is 4.99 Å². The van der Waals surface area contributed by atoms with Crippen molar-refractivity contribution in [3.63, 3.8) is 0 Å². The molecule has 6 heteroatoms. The summed E-state index contributed by atoms with van der Waals surface area (Å²) < 4.78 is 6.32. The number of allylic oxidation sites excluding steroid dienone is 1. The van der Waals surface area contributed by atoms with Crippen LogP contribution in [0.1, 0.15) is 31.8 Å². The van der Waals surface area contributed by atoms with E-state index in [9.17, 15) is 9.59 Å². The van der Waals surface area contributed by atoms with E-state index in [0.29, 0.717) is 40.2 Å². The number of nitrogens with zero attached hydrogens (tertiary/aromatic N) is 1. The van der Waals surface area contributed by atoms with E-state index < -0.39 is 6.10 Å². The third-order valence-electron chi connectivity index (χ3n) is 7.02. The second-order valence-corrected chi connectivity index (χ2v) is 9.76. The Kier molecular flexibility index (Phi) is 5.81. The van der Waals surface area contributed by atoms with Crippen molar-refractivity contribution in [3.8, 4) is 5.75 Å². The average molecular weight is 491 g/mol. The molecule has 3 aliphatic rings. The van der Waals surface area contributed by atoms with Crippen LogP contribution >= 0.6 is 0 Å². The first kappa shape index (κ1) is 23.1. The number of likely N-dealkylation sites (N-methyl/N-ethyl adjacent to an activating group) is 1. The molecule has 6 rings (SSSR count). The van der Waals surface area contributed by atoms with Crippen molar-refractivity contribution in [1.29, 1.82) is 0 Å². The highest BCUT2D eigenvalue weighted by molar-refractivity contribution is 6.39. The minimum Gasteiger partial charge on any atom is -0.468 e. The minimum atomic E-state index is -0.500. The van der Waals surface area contributed by atoms with E-state index >= 15 is 0 Å². The Hall–Kier alpha value is -4.29. The first-order valence-electron chi connectivity index (χ1n) is 12.5. The quantitative estimate of drug-likeness (QED) is 0.556. The highest BCUT2D eigenvalue weighted by atomic mass is 16.5. The van der Waals surface area contributed by atoms with Gasteiger partial charge in [-0.2, -0.15) is 0 Å². The molecule has 184 valence electrons. The monoisotopic (exact) mass is 490 g/mol. The summed E-state index contributed by atoms with van der Waals surface area (Å²) in [6.45, 7) is 4.20. The van der Waals surface area contributed by atoms with Gasteiger partial charge in [0.1, 0.15) is 5.57 Å². The van der Waals surface area contributed by atoms with Crippen molar-refractivity contribution in [2.45, 2.75) is 19.6 Å². The van der Waals surface area contributed by atoms with Gasteiger partial charge < -0.3 is 15.0 Å². The Bertz CT molecular complexity index is 1520. The predicted molar refractivity (Wildman–Crippen MR) is 142 cm³/mol. The van der Waals surface area contributed by atoms with Crippen molar-refractivity contribution >= 4 is 23.0 Å². The Labute approximate surface area is 216 Å². The van der Waals surface area contributed by atoms with Gasteiger partial charge in [-0.15, -0.1) is 0 Å². The van der Waals surface area contributed by atoms with Crippen LogP contribution in [0.4, 0.5) is 5.69 Å². The summed E-state index contributed by atoms with van der Waals surface area (Å²) in [6, 6.07) is 23.3. The summed E-state index contributed by atoms with van der Waals surface area (Å²) >= 11 is 0. The highest BCUT2D eigenvalue weighted by Crippen LogP contribution is 2.36. The Morgan fingerprint density at radius 3 is 2.38 bits per heavy atom. The molecule has 2 aliphatic carbocycles. The number of nitrogens with one attached hydrogen (secondary N) is 2. The van der Waals surface area contributed by atoms with Gasteiger partial charge in [0.2, 0.25) is 23.3 Å². The smallest absolute Gasteiger partial charge is 0.246 e. The minimum absolute atomic E-state index is 0.149. The zero-order valence-corrected chi connectivity index (χ0v) is 20.9. The summed E-state index contributed by atoms with van der Waals surface area (Å²) in [5, 5.41) is 3.45. The zero-order valence-electron chi connectivity index (χ0n) is 20.9. The van der Waals surface area contributed by atoms with Crippen LogP contribution < -0.4 is 15.0 Å². The molecule has 2 N–H and O–H groups in total. The fraction of sp³-hybridized carbons (Fsp3) is 0.194. The first-order valence-corrected chi connectivity index (χ1v) is 12.5. The second-order valence-electron chi connectivity index (χ2n) is 9.76. The van der Waals surface area contributed by atoms with E-state index in [0.717, 1.165) is 30.1 Å². The molecule has 1 atom stereocenters. The van der Waals surface area contributed by atoms with Gasteiger partial charge in [-0.1, -0.05) is 60.7 Å². The molecule has 0 spiro atoms. The topological polar surface area (TPSA) is 72.6 Å². The summed E-state index contributed by atoms with van der Waals surface area (Å²) in [6.07, 6.45) is 1.42. The molecule has 3 aromatic rings. The van der Waals surface area contributed by atoms with Crippen LogP contribution in [-0.2, 0) is 6.54 Å². The zero-order chi connectivity index (χ0) is 25.5. The maximum Gasteiger partial charge on any atom is 0.246 e. The molecule has 0 aromatic heterocycles. The third-order valence-corrected chi connectivity index (χ3v) is 7.02. The lowest BCUT2D eigenvalue weighted by atomic mass is 9.76. The van der Waals surface area contributed by atoms with Crippen LogP contribution in [0.2, 0.25) is 0 Å². The number of carbonyl (C=O) groups is 2. The molecule has 1 unspecified atom stereocenters. The molecule has 1 heterocycles. The van der Waals surface area contributed by atoms with Crippen molar-refractivity contribution in [3.05, 3.63) is 118 Å². The number of Topliss-reactive ketones (excluding diaryl/α,β-unsaturated/α-hetero) is 2. The van der Waals surface area contributed by atoms with E-state index in [1.54, 1.807) is 24.3 Å². The molecule has 0 saturated carbocycles. The van der Waals surface area contributed by atoms with Crippen molar-refractivity contribution in [1.82, 2.24) is 10.2 Å². The molecule has 0 radical (unpaired) electrons. The van der Waals surface area contributed by atoms with Crippen LogP contribution in [0.5, 0.6) is 5.75 Å². The molecule has 3 aromatic carbocycles. The fourth-order valence-electron chi connectivity index (χ4n) is 5.21. The van der Waals surface area contributed by atoms with Gasteiger partial charge in [-0.05, 0) is 37.2 Å². The Balaban J connectivity index is 1.33. The molecular formula is C31H28N3O3+. The summed E-state index contributed by atoms with van der Waals surface area (Å²) in [4.78, 5) is 33.2. The number of hydrogen-bond donors (Lipinski definition) is 2. The lowest BCUT2D eigenvalue weighted by Crippen LogP contribution is -2.73. The molecule has 6 nitrogen and oxygen atoms in total. The first-order chi connectivity index (χ1) is 18.0.